The Kier molecular flexibility index (Phi) is 25.7. The van der Waals surface area contributed by atoms with Gasteiger partial charge in [-0.3, -0.25) is 0 Å². The molecule has 1 nitrogen and oxygen atoms in total. The third kappa shape index (κ3) is 18.7. The molecular weight excluding hydrogens is 160 g/mol. The molecule has 2 unspecified atom stereocenters. The van der Waals surface area contributed by atoms with Crippen LogP contribution in [0, 0.1) is 0 Å². The predicted octanol–water partition coefficient (Wildman–Crippen LogP) is 4.65. The molecule has 0 aliphatic carbocycles. The van der Waals surface area contributed by atoms with Crippen molar-refractivity contribution in [1.29, 1.82) is 0 Å². The van der Waals surface area contributed by atoms with Crippen LogP contribution in [0.5, 0.6) is 0 Å². The van der Waals surface area contributed by atoms with Crippen LogP contribution in [0.3, 0.4) is 0 Å². The lowest BCUT2D eigenvalue weighted by Gasteiger charge is -2.15. The van der Waals surface area contributed by atoms with Gasteiger partial charge in [0, 0.05) is 0 Å². The molecule has 0 N–H and O–H groups in total. The van der Waals surface area contributed by atoms with Crippen molar-refractivity contribution >= 4 is 0 Å². The predicted molar refractivity (Wildman–Crippen MR) is 63.3 cm³/mol. The van der Waals surface area contributed by atoms with Crippen LogP contribution in [0.15, 0.2) is 0 Å². The van der Waals surface area contributed by atoms with E-state index in [0.717, 1.165) is 12.8 Å². The topological polar surface area (TPSA) is 9.23 Å². The zero-order valence-electron chi connectivity index (χ0n) is 11.0. The molecule has 0 amide bonds. The average Bonchev–Trinajstić information content (AvgIpc) is 2.23. The third-order valence-electron chi connectivity index (χ3n) is 1.61. The molecule has 0 aliphatic heterocycles. The summed E-state index contributed by atoms with van der Waals surface area (Å²) in [5.41, 5.74) is 0. The second kappa shape index (κ2) is 17.9. The summed E-state index contributed by atoms with van der Waals surface area (Å²) in [6, 6.07) is 0. The van der Waals surface area contributed by atoms with E-state index in [1.54, 1.807) is 0 Å². The highest BCUT2D eigenvalue weighted by Crippen LogP contribution is 2.03. The van der Waals surface area contributed by atoms with E-state index in [1.165, 1.54) is 0 Å². The van der Waals surface area contributed by atoms with Crippen molar-refractivity contribution in [1.82, 2.24) is 0 Å². The van der Waals surface area contributed by atoms with Gasteiger partial charge in [-0.05, 0) is 26.7 Å². The van der Waals surface area contributed by atoms with Gasteiger partial charge >= 0.3 is 0 Å². The van der Waals surface area contributed by atoms with Gasteiger partial charge in [-0.2, -0.15) is 0 Å². The summed E-state index contributed by atoms with van der Waals surface area (Å²) < 4.78 is 5.55. The standard InChI is InChI=1S/C8H18O.2C2H6/c1-5-7(3)9-8(4)6-2;2*1-2/h7-8H,5-6H2,1-4H3;2*1-2H3. The molecule has 0 rings (SSSR count). The lowest BCUT2D eigenvalue weighted by atomic mass is 10.3. The van der Waals surface area contributed by atoms with Gasteiger partial charge in [0.2, 0.25) is 0 Å². The summed E-state index contributed by atoms with van der Waals surface area (Å²) in [5, 5.41) is 0. The van der Waals surface area contributed by atoms with Crippen molar-refractivity contribution in [3.63, 3.8) is 0 Å². The van der Waals surface area contributed by atoms with Crippen LogP contribution >= 0.6 is 0 Å². The van der Waals surface area contributed by atoms with Crippen molar-refractivity contribution in [3.05, 3.63) is 0 Å². The van der Waals surface area contributed by atoms with E-state index in [0.29, 0.717) is 12.2 Å². The maximum Gasteiger partial charge on any atom is 0.0548 e. The van der Waals surface area contributed by atoms with Crippen molar-refractivity contribution in [2.24, 2.45) is 0 Å². The first-order valence-electron chi connectivity index (χ1n) is 5.86. The molecular formula is C12H30O. The van der Waals surface area contributed by atoms with E-state index in [1.807, 2.05) is 27.7 Å². The van der Waals surface area contributed by atoms with E-state index in [2.05, 4.69) is 27.7 Å². The van der Waals surface area contributed by atoms with Crippen molar-refractivity contribution in [2.45, 2.75) is 80.4 Å². The summed E-state index contributed by atoms with van der Waals surface area (Å²) in [5.74, 6) is 0. The Bertz CT molecular complexity index is 54.1. The maximum absolute atomic E-state index is 5.55. The Labute approximate surface area is 85.9 Å². The monoisotopic (exact) mass is 190 g/mol. The summed E-state index contributed by atoms with van der Waals surface area (Å²) in [6.07, 6.45) is 3.09. The Balaban J connectivity index is -0.000000218. The maximum atomic E-state index is 5.55. The molecule has 13 heavy (non-hydrogen) atoms. The van der Waals surface area contributed by atoms with Crippen LogP contribution in [0.2, 0.25) is 0 Å². The lowest BCUT2D eigenvalue weighted by molar-refractivity contribution is 0.00511. The molecule has 1 heteroatoms. The molecule has 2 atom stereocenters. The van der Waals surface area contributed by atoms with E-state index >= 15 is 0 Å². The van der Waals surface area contributed by atoms with Gasteiger partial charge in [-0.1, -0.05) is 41.5 Å². The molecule has 0 spiro atoms. The van der Waals surface area contributed by atoms with Gasteiger partial charge in [-0.15, -0.1) is 0 Å². The van der Waals surface area contributed by atoms with Gasteiger partial charge in [0.25, 0.3) is 0 Å². The van der Waals surface area contributed by atoms with Crippen molar-refractivity contribution < 1.29 is 4.74 Å². The van der Waals surface area contributed by atoms with Gasteiger partial charge < -0.3 is 4.74 Å². The number of hydrogen-bond donors (Lipinski definition) is 0. The Morgan fingerprint density at radius 1 is 0.769 bits per heavy atom. The van der Waals surface area contributed by atoms with Crippen LogP contribution in [0.4, 0.5) is 0 Å². The minimum Gasteiger partial charge on any atom is -0.376 e. The van der Waals surface area contributed by atoms with E-state index in [4.69, 9.17) is 4.74 Å². The lowest BCUT2D eigenvalue weighted by Crippen LogP contribution is -2.14. The second-order valence-electron chi connectivity index (χ2n) is 2.57. The van der Waals surface area contributed by atoms with E-state index in [9.17, 15) is 0 Å². The molecule has 0 aromatic heterocycles. The number of rotatable bonds is 4. The van der Waals surface area contributed by atoms with Gasteiger partial charge in [-0.25, -0.2) is 0 Å². The summed E-state index contributed by atoms with van der Waals surface area (Å²) >= 11 is 0. The van der Waals surface area contributed by atoms with Crippen LogP contribution in [-0.2, 0) is 4.74 Å². The molecule has 0 saturated heterocycles. The highest BCUT2D eigenvalue weighted by atomic mass is 16.5. The first kappa shape index (κ1) is 18.7. The highest BCUT2D eigenvalue weighted by molar-refractivity contribution is 4.50. The smallest absolute Gasteiger partial charge is 0.0548 e. The van der Waals surface area contributed by atoms with E-state index < -0.39 is 0 Å². The minimum absolute atomic E-state index is 0.431. The first-order valence-corrected chi connectivity index (χ1v) is 5.86. The van der Waals surface area contributed by atoms with E-state index in [-0.39, 0.29) is 0 Å². The first-order chi connectivity index (χ1) is 6.20. The fourth-order valence-electron chi connectivity index (χ4n) is 0.589. The average molecular weight is 190 g/mol. The molecule has 0 fully saturated rings. The van der Waals surface area contributed by atoms with Crippen LogP contribution < -0.4 is 0 Å². The molecule has 0 aromatic carbocycles. The molecule has 0 aliphatic rings. The Morgan fingerprint density at radius 3 is 1.15 bits per heavy atom. The van der Waals surface area contributed by atoms with Gasteiger partial charge in [0.15, 0.2) is 0 Å². The number of ether oxygens (including phenoxy) is 1. The zero-order chi connectivity index (χ0) is 11.3. The Morgan fingerprint density at radius 2 is 1.00 bits per heavy atom. The summed E-state index contributed by atoms with van der Waals surface area (Å²) in [6.45, 7) is 16.5. The molecule has 0 bridgehead atoms. The number of hydrogen-bond acceptors (Lipinski definition) is 1. The molecule has 84 valence electrons. The SMILES string of the molecule is CC.CC.CCC(C)OC(C)CC. The second-order valence-corrected chi connectivity index (χ2v) is 2.57. The van der Waals surface area contributed by atoms with Crippen LogP contribution in [0.25, 0.3) is 0 Å². The zero-order valence-corrected chi connectivity index (χ0v) is 11.0. The normalized spacial score (nSPS) is 12.9. The fraction of sp³-hybridized carbons (Fsp3) is 1.00. The van der Waals surface area contributed by atoms with Gasteiger partial charge in [0.05, 0.1) is 12.2 Å². The minimum atomic E-state index is 0.431. The fourth-order valence-corrected chi connectivity index (χ4v) is 0.589. The summed E-state index contributed by atoms with van der Waals surface area (Å²) in [7, 11) is 0. The van der Waals surface area contributed by atoms with Crippen LogP contribution in [-0.4, -0.2) is 12.2 Å². The van der Waals surface area contributed by atoms with Crippen molar-refractivity contribution in [2.75, 3.05) is 0 Å². The molecule has 0 radical (unpaired) electrons. The van der Waals surface area contributed by atoms with Crippen molar-refractivity contribution in [3.8, 4) is 0 Å². The quantitative estimate of drug-likeness (QED) is 0.627. The molecule has 0 saturated carbocycles. The largest absolute Gasteiger partial charge is 0.376 e. The molecule has 0 aromatic rings. The third-order valence-corrected chi connectivity index (χ3v) is 1.61. The van der Waals surface area contributed by atoms with Crippen LogP contribution in [0.1, 0.15) is 68.2 Å². The summed E-state index contributed by atoms with van der Waals surface area (Å²) in [4.78, 5) is 0. The van der Waals surface area contributed by atoms with Gasteiger partial charge in [0.1, 0.15) is 0 Å². The Hall–Kier alpha value is -0.0400. The highest BCUT2D eigenvalue weighted by Gasteiger charge is 2.02. The molecule has 0 heterocycles.